The number of carbonyl (C=O) groups is 2. The van der Waals surface area contributed by atoms with E-state index in [1.54, 1.807) is 0 Å². The van der Waals surface area contributed by atoms with Gasteiger partial charge in [0.25, 0.3) is 0 Å². The Morgan fingerprint density at radius 3 is 1.07 bits per heavy atom. The first-order valence-electron chi connectivity index (χ1n) is 10.1. The smallest absolute Gasteiger partial charge is 1.00 e. The third-order valence-corrected chi connectivity index (χ3v) is 3.53. The zero-order valence-corrected chi connectivity index (χ0v) is 21.2. The zero-order valence-electron chi connectivity index (χ0n) is 18.1. The van der Waals surface area contributed by atoms with Crippen molar-refractivity contribution >= 4 is 11.8 Å². The molecule has 5 nitrogen and oxygen atoms in total. The van der Waals surface area contributed by atoms with Crippen molar-refractivity contribution in [2.75, 3.05) is 6.61 Å². The fourth-order valence-electron chi connectivity index (χ4n) is 1.94. The van der Waals surface area contributed by atoms with Gasteiger partial charge >= 0.3 is 21.7 Å². The van der Waals surface area contributed by atoms with Crippen molar-refractivity contribution in [1.29, 1.82) is 0 Å². The SMILES string of the molecule is CCCCCCCC([NH-])=O.CCCCCCCC([NH-])=O.CCCCO.[Cl-].[Cl-].[Ti+4]. The Bertz CT molecular complexity index is 262. The van der Waals surface area contributed by atoms with Crippen LogP contribution in [0.3, 0.4) is 0 Å². The van der Waals surface area contributed by atoms with Crippen molar-refractivity contribution in [3.63, 3.8) is 0 Å². The van der Waals surface area contributed by atoms with Gasteiger partial charge in [-0.3, -0.25) is 0 Å². The number of aliphatic hydroxyl groups is 1. The Labute approximate surface area is 201 Å². The number of nitrogens with one attached hydrogen (secondary N) is 2. The van der Waals surface area contributed by atoms with Crippen LogP contribution in [0.1, 0.15) is 111 Å². The molecule has 0 saturated heterocycles. The second-order valence-corrected chi connectivity index (χ2v) is 6.25. The van der Waals surface area contributed by atoms with Crippen molar-refractivity contribution in [1.82, 2.24) is 0 Å². The maximum Gasteiger partial charge on any atom is 4.00 e. The number of amides is 2. The molecule has 2 amide bonds. The molecule has 0 aromatic rings. The fourth-order valence-corrected chi connectivity index (χ4v) is 1.94. The topological polar surface area (TPSA) is 102 Å². The van der Waals surface area contributed by atoms with Gasteiger partial charge in [0.1, 0.15) is 0 Å². The molecule has 0 aromatic heterocycles. The van der Waals surface area contributed by atoms with Crippen LogP contribution in [0.2, 0.25) is 0 Å². The van der Waals surface area contributed by atoms with Gasteiger partial charge in [-0.05, 0) is 32.1 Å². The van der Waals surface area contributed by atoms with Gasteiger partial charge in [0.05, 0.1) is 0 Å². The molecular formula is C20H42Cl2N2O3Ti. The van der Waals surface area contributed by atoms with E-state index in [4.69, 9.17) is 16.6 Å². The summed E-state index contributed by atoms with van der Waals surface area (Å²) in [6.45, 7) is 6.72. The zero-order chi connectivity index (χ0) is 19.8. The number of rotatable bonds is 14. The van der Waals surface area contributed by atoms with Crippen LogP contribution in [0.15, 0.2) is 0 Å². The van der Waals surface area contributed by atoms with E-state index >= 15 is 0 Å². The van der Waals surface area contributed by atoms with Crippen molar-refractivity contribution < 1.29 is 61.2 Å². The maximum atomic E-state index is 10.1. The maximum absolute atomic E-state index is 10.1. The van der Waals surface area contributed by atoms with E-state index in [-0.39, 0.29) is 46.5 Å². The minimum absolute atomic E-state index is 0. The third-order valence-electron chi connectivity index (χ3n) is 3.53. The van der Waals surface area contributed by atoms with E-state index in [1.807, 2.05) is 0 Å². The second kappa shape index (κ2) is 41.5. The summed E-state index contributed by atoms with van der Waals surface area (Å²) in [5, 5.41) is 8.07. The molecule has 0 aliphatic carbocycles. The minimum atomic E-state index is -0.420. The van der Waals surface area contributed by atoms with E-state index in [1.165, 1.54) is 38.5 Å². The van der Waals surface area contributed by atoms with Crippen LogP contribution >= 0.6 is 0 Å². The monoisotopic (exact) mass is 476 g/mol. The molecule has 0 heterocycles. The van der Waals surface area contributed by atoms with Gasteiger partial charge in [-0.15, -0.1) is 0 Å². The first kappa shape index (κ1) is 42.3. The van der Waals surface area contributed by atoms with Crippen LogP contribution in [0.25, 0.3) is 11.5 Å². The molecule has 168 valence electrons. The number of hydrogen-bond acceptors (Lipinski definition) is 3. The molecule has 0 saturated carbocycles. The first-order valence-corrected chi connectivity index (χ1v) is 10.1. The molecule has 0 unspecified atom stereocenters. The Kier molecular flexibility index (Phi) is 62.8. The van der Waals surface area contributed by atoms with Gasteiger partial charge in [0.2, 0.25) is 0 Å². The molecule has 0 aromatic carbocycles. The molecule has 3 N–H and O–H groups in total. The average molecular weight is 477 g/mol. The molecule has 0 spiro atoms. The molecule has 0 bridgehead atoms. The Morgan fingerprint density at radius 1 is 0.607 bits per heavy atom. The predicted molar refractivity (Wildman–Crippen MR) is 107 cm³/mol. The van der Waals surface area contributed by atoms with Gasteiger partial charge in [-0.25, -0.2) is 0 Å². The summed E-state index contributed by atoms with van der Waals surface area (Å²) in [6, 6.07) is 0. The summed E-state index contributed by atoms with van der Waals surface area (Å²) in [5.74, 6) is -0.840. The van der Waals surface area contributed by atoms with Gasteiger partial charge in [0, 0.05) is 18.4 Å². The van der Waals surface area contributed by atoms with Crippen LogP contribution in [-0.2, 0) is 31.3 Å². The number of unbranched alkanes of at least 4 members (excludes halogenated alkanes) is 9. The molecule has 0 atom stereocenters. The van der Waals surface area contributed by atoms with Crippen LogP contribution in [0, 0.1) is 0 Å². The van der Waals surface area contributed by atoms with E-state index in [0.717, 1.165) is 38.5 Å². The van der Waals surface area contributed by atoms with E-state index in [9.17, 15) is 9.59 Å². The number of carbonyl (C=O) groups excluding carboxylic acids is 2. The molecule has 0 radical (unpaired) electrons. The second-order valence-electron chi connectivity index (χ2n) is 6.25. The van der Waals surface area contributed by atoms with E-state index < -0.39 is 11.8 Å². The molecule has 28 heavy (non-hydrogen) atoms. The molecular weight excluding hydrogens is 435 g/mol. The van der Waals surface area contributed by atoms with Crippen molar-refractivity contribution in [3.05, 3.63) is 11.5 Å². The Balaban J connectivity index is -0.0000000646. The number of aliphatic hydroxyl groups excluding tert-OH is 1. The van der Waals surface area contributed by atoms with Crippen LogP contribution in [0.5, 0.6) is 0 Å². The molecule has 8 heteroatoms. The van der Waals surface area contributed by atoms with Gasteiger partial charge in [0.15, 0.2) is 0 Å². The summed E-state index contributed by atoms with van der Waals surface area (Å²) in [7, 11) is 0. The van der Waals surface area contributed by atoms with Gasteiger partial charge < -0.3 is 51.0 Å². The van der Waals surface area contributed by atoms with Crippen molar-refractivity contribution in [3.8, 4) is 0 Å². The van der Waals surface area contributed by atoms with Crippen LogP contribution in [-0.4, -0.2) is 23.5 Å². The summed E-state index contributed by atoms with van der Waals surface area (Å²) in [5.41, 5.74) is 13.2. The predicted octanol–water partition coefficient (Wildman–Crippen LogP) is 0.636. The summed E-state index contributed by atoms with van der Waals surface area (Å²) in [4.78, 5) is 20.3. The van der Waals surface area contributed by atoms with Gasteiger partial charge in [-0.2, -0.15) is 0 Å². The summed E-state index contributed by atoms with van der Waals surface area (Å²) >= 11 is 0. The van der Waals surface area contributed by atoms with Crippen molar-refractivity contribution in [2.45, 2.75) is 111 Å². The minimum Gasteiger partial charge on any atom is -1.00 e. The van der Waals surface area contributed by atoms with Gasteiger partial charge in [-0.1, -0.05) is 78.6 Å². The van der Waals surface area contributed by atoms with E-state index in [0.29, 0.717) is 19.4 Å². The quantitative estimate of drug-likeness (QED) is 0.294. The number of halogens is 2. The fraction of sp³-hybridized carbons (Fsp3) is 0.900. The number of hydrogen-bond donors (Lipinski definition) is 1. The molecule has 0 fully saturated rings. The van der Waals surface area contributed by atoms with Crippen LogP contribution < -0.4 is 24.8 Å². The Hall–Kier alpha value is 0.194. The summed E-state index contributed by atoms with van der Waals surface area (Å²) < 4.78 is 0. The first-order chi connectivity index (χ1) is 12.0. The average Bonchev–Trinajstić information content (AvgIpc) is 2.56. The third kappa shape index (κ3) is 63.4. The van der Waals surface area contributed by atoms with Crippen LogP contribution in [0.4, 0.5) is 0 Å². The normalized spacial score (nSPS) is 8.43. The standard InChI is InChI=1S/2C8H17NO.C4H10O.2ClH.Ti/c2*1-2-3-4-5-6-7-8(9)10;1-2-3-4-5;;;/h2*2-7H2,1H3,(H2,9,10);5H,2-4H2,1H3;2*1H;/q;;;;;+4/p-4. The largest absolute Gasteiger partial charge is 4.00 e. The van der Waals surface area contributed by atoms with Crippen molar-refractivity contribution in [2.24, 2.45) is 0 Å². The molecule has 0 aliphatic heterocycles. The molecule has 0 aliphatic rings. The Morgan fingerprint density at radius 2 is 0.893 bits per heavy atom. The van der Waals surface area contributed by atoms with E-state index in [2.05, 4.69) is 20.8 Å². The summed E-state index contributed by atoms with van der Waals surface area (Å²) in [6.07, 6.45) is 14.4. The molecule has 0 rings (SSSR count).